The van der Waals surface area contributed by atoms with Crippen LogP contribution in [0, 0.1) is 0 Å². The normalized spacial score (nSPS) is 13.2. The number of hydrogen-bond acceptors (Lipinski definition) is 4. The monoisotopic (exact) mass is 308 g/mol. The average Bonchev–Trinajstić information content (AvgIpc) is 2.85. The van der Waals surface area contributed by atoms with Gasteiger partial charge in [-0.2, -0.15) is 0 Å². The summed E-state index contributed by atoms with van der Waals surface area (Å²) < 4.78 is 11.5. The quantitative estimate of drug-likeness (QED) is 0.934. The molecule has 20 heavy (non-hydrogen) atoms. The zero-order valence-corrected chi connectivity index (χ0v) is 13.9. The van der Waals surface area contributed by atoms with E-state index in [2.05, 4.69) is 31.1 Å². The maximum atomic E-state index is 11.5. The molecular weight excluding hydrogens is 288 g/mol. The predicted octanol–water partition coefficient (Wildman–Crippen LogP) is 3.79. The molecule has 0 unspecified atom stereocenters. The Labute approximate surface area is 126 Å². The Morgan fingerprint density at radius 1 is 1.35 bits per heavy atom. The first-order chi connectivity index (χ1) is 9.36. The summed E-state index contributed by atoms with van der Waals surface area (Å²) >= 11 is 1.74. The van der Waals surface area contributed by atoms with Crippen LogP contribution in [0.2, 0.25) is 0 Å². The van der Waals surface area contributed by atoms with Crippen molar-refractivity contribution in [3.8, 4) is 0 Å². The molecule has 2 rings (SSSR count). The van der Waals surface area contributed by atoms with Gasteiger partial charge in [-0.15, -0.1) is 11.3 Å². The number of hydrogen-bond donors (Lipinski definition) is 1. The van der Waals surface area contributed by atoms with Gasteiger partial charge in [0.2, 0.25) is 0 Å². The number of benzene rings is 1. The van der Waals surface area contributed by atoms with Gasteiger partial charge in [0, 0.05) is 44.1 Å². The van der Waals surface area contributed by atoms with Crippen LogP contribution in [0.15, 0.2) is 35.4 Å². The molecule has 0 saturated carbocycles. The number of nitrogens with zero attached hydrogens (tertiary/aromatic N) is 1. The van der Waals surface area contributed by atoms with Gasteiger partial charge in [-0.25, -0.2) is 4.98 Å². The number of anilines is 1. The van der Waals surface area contributed by atoms with Crippen LogP contribution in [0.3, 0.4) is 0 Å². The Morgan fingerprint density at radius 2 is 2.10 bits per heavy atom. The Balaban J connectivity index is 2.04. The van der Waals surface area contributed by atoms with Crippen LogP contribution in [0.1, 0.15) is 30.7 Å². The highest BCUT2D eigenvalue weighted by molar-refractivity contribution is 7.84. The fourth-order valence-electron chi connectivity index (χ4n) is 1.71. The second kappa shape index (κ2) is 6.06. The molecule has 5 heteroatoms. The first-order valence-corrected chi connectivity index (χ1v) is 8.86. The van der Waals surface area contributed by atoms with Gasteiger partial charge in [0.1, 0.15) is 0 Å². The van der Waals surface area contributed by atoms with Gasteiger partial charge in [0.05, 0.1) is 11.6 Å². The van der Waals surface area contributed by atoms with Crippen LogP contribution in [0.4, 0.5) is 5.69 Å². The lowest BCUT2D eigenvalue weighted by molar-refractivity contribution is 0.585. The van der Waals surface area contributed by atoms with E-state index in [4.69, 9.17) is 0 Å². The van der Waals surface area contributed by atoms with Crippen LogP contribution in [0.25, 0.3) is 0 Å². The molecule has 0 aliphatic rings. The molecule has 0 aliphatic carbocycles. The fraction of sp³-hybridized carbons (Fsp3) is 0.400. The number of rotatable bonds is 4. The Morgan fingerprint density at radius 3 is 2.70 bits per heavy atom. The average molecular weight is 308 g/mol. The predicted molar refractivity (Wildman–Crippen MR) is 86.9 cm³/mol. The molecule has 0 fully saturated rings. The van der Waals surface area contributed by atoms with E-state index in [-0.39, 0.29) is 5.41 Å². The first kappa shape index (κ1) is 15.2. The lowest BCUT2D eigenvalue weighted by atomic mass is 9.98. The summed E-state index contributed by atoms with van der Waals surface area (Å²) in [5, 5.41) is 4.51. The van der Waals surface area contributed by atoms with Crippen LogP contribution >= 0.6 is 11.3 Å². The molecular formula is C15H20N2OS2. The van der Waals surface area contributed by atoms with Crippen molar-refractivity contribution in [2.75, 3.05) is 11.6 Å². The van der Waals surface area contributed by atoms with E-state index >= 15 is 0 Å². The number of nitrogens with one attached hydrogen (secondary N) is 1. The van der Waals surface area contributed by atoms with Crippen molar-refractivity contribution in [1.82, 2.24) is 4.98 Å². The second-order valence-corrected chi connectivity index (χ2v) is 8.21. The molecule has 2 aromatic rings. The highest BCUT2D eigenvalue weighted by atomic mass is 32.2. The molecule has 1 atom stereocenters. The van der Waals surface area contributed by atoms with Crippen LogP contribution < -0.4 is 5.32 Å². The van der Waals surface area contributed by atoms with Crippen molar-refractivity contribution < 1.29 is 4.21 Å². The maximum Gasteiger partial charge on any atom is 0.0981 e. The van der Waals surface area contributed by atoms with Crippen LogP contribution in [-0.2, 0) is 22.8 Å². The molecule has 0 spiro atoms. The SMILES string of the molecule is C[S@](=O)c1cccc(NCc2cnc(C(C)(C)C)s2)c1. The highest BCUT2D eigenvalue weighted by Gasteiger charge is 2.17. The lowest BCUT2D eigenvalue weighted by Crippen LogP contribution is -2.09. The zero-order chi connectivity index (χ0) is 14.8. The maximum absolute atomic E-state index is 11.5. The van der Waals surface area contributed by atoms with Crippen LogP contribution in [0.5, 0.6) is 0 Å². The van der Waals surface area contributed by atoms with Crippen molar-refractivity contribution in [3.05, 3.63) is 40.3 Å². The standard InChI is InChI=1S/C15H20N2OS2/c1-15(2,3)14-17-10-12(19-14)9-16-11-6-5-7-13(8-11)20(4)18/h5-8,10,16H,9H2,1-4H3/t20-/m0/s1. The third kappa shape index (κ3) is 3.90. The van der Waals surface area contributed by atoms with E-state index in [1.807, 2.05) is 30.5 Å². The van der Waals surface area contributed by atoms with Gasteiger partial charge in [0.15, 0.2) is 0 Å². The highest BCUT2D eigenvalue weighted by Crippen LogP contribution is 2.27. The van der Waals surface area contributed by atoms with Gasteiger partial charge >= 0.3 is 0 Å². The number of thiazole rings is 1. The van der Waals surface area contributed by atoms with E-state index in [0.29, 0.717) is 0 Å². The largest absolute Gasteiger partial charge is 0.380 e. The Kier molecular flexibility index (Phi) is 4.60. The van der Waals surface area contributed by atoms with E-state index in [1.54, 1.807) is 17.6 Å². The summed E-state index contributed by atoms with van der Waals surface area (Å²) in [6.07, 6.45) is 3.62. The molecule has 0 saturated heterocycles. The minimum Gasteiger partial charge on any atom is -0.380 e. The Bertz CT molecular complexity index is 614. The summed E-state index contributed by atoms with van der Waals surface area (Å²) in [7, 11) is -0.945. The third-order valence-electron chi connectivity index (χ3n) is 2.83. The van der Waals surface area contributed by atoms with Gasteiger partial charge < -0.3 is 5.32 Å². The van der Waals surface area contributed by atoms with Crippen molar-refractivity contribution in [1.29, 1.82) is 0 Å². The van der Waals surface area contributed by atoms with Gasteiger partial charge in [-0.05, 0) is 18.2 Å². The topological polar surface area (TPSA) is 42.0 Å². The zero-order valence-electron chi connectivity index (χ0n) is 12.3. The molecule has 0 radical (unpaired) electrons. The van der Waals surface area contributed by atoms with Crippen molar-refractivity contribution in [2.24, 2.45) is 0 Å². The lowest BCUT2D eigenvalue weighted by Gasteiger charge is -2.13. The number of aromatic nitrogens is 1. The summed E-state index contributed by atoms with van der Waals surface area (Å²) in [5.41, 5.74) is 1.09. The molecule has 0 aliphatic heterocycles. The van der Waals surface area contributed by atoms with Gasteiger partial charge in [-0.3, -0.25) is 4.21 Å². The molecule has 0 amide bonds. The summed E-state index contributed by atoms with van der Waals surface area (Å²) in [5.74, 6) is 0. The second-order valence-electron chi connectivity index (χ2n) is 5.72. The molecule has 1 aromatic carbocycles. The third-order valence-corrected chi connectivity index (χ3v) is 5.17. The molecule has 1 aromatic heterocycles. The molecule has 1 N–H and O–H groups in total. The van der Waals surface area contributed by atoms with Crippen molar-refractivity contribution >= 4 is 27.8 Å². The minimum absolute atomic E-state index is 0.0991. The summed E-state index contributed by atoms with van der Waals surface area (Å²) in [6, 6.07) is 7.72. The van der Waals surface area contributed by atoms with Crippen LogP contribution in [-0.4, -0.2) is 15.4 Å². The van der Waals surface area contributed by atoms with Crippen molar-refractivity contribution in [3.63, 3.8) is 0 Å². The molecule has 3 nitrogen and oxygen atoms in total. The van der Waals surface area contributed by atoms with E-state index < -0.39 is 10.8 Å². The van der Waals surface area contributed by atoms with Gasteiger partial charge in [-0.1, -0.05) is 26.8 Å². The van der Waals surface area contributed by atoms with Gasteiger partial charge in [0.25, 0.3) is 0 Å². The first-order valence-electron chi connectivity index (χ1n) is 6.49. The molecule has 1 heterocycles. The summed E-state index contributed by atoms with van der Waals surface area (Å²) in [4.78, 5) is 6.52. The molecule has 108 valence electrons. The fourth-order valence-corrected chi connectivity index (χ4v) is 3.18. The van der Waals surface area contributed by atoms with E-state index in [9.17, 15) is 4.21 Å². The van der Waals surface area contributed by atoms with E-state index in [1.165, 1.54) is 4.88 Å². The molecule has 0 bridgehead atoms. The Hall–Kier alpha value is -1.20. The summed E-state index contributed by atoms with van der Waals surface area (Å²) in [6.45, 7) is 7.25. The minimum atomic E-state index is -0.945. The smallest absolute Gasteiger partial charge is 0.0981 e. The van der Waals surface area contributed by atoms with E-state index in [0.717, 1.165) is 22.1 Å². The van der Waals surface area contributed by atoms with Crippen molar-refractivity contribution in [2.45, 2.75) is 37.6 Å².